The quantitative estimate of drug-likeness (QED) is 0.605. The van der Waals surface area contributed by atoms with Gasteiger partial charge < -0.3 is 10.5 Å². The van der Waals surface area contributed by atoms with Crippen LogP contribution in [0.2, 0.25) is 0 Å². The van der Waals surface area contributed by atoms with Gasteiger partial charge in [-0.3, -0.25) is 0 Å². The summed E-state index contributed by atoms with van der Waals surface area (Å²) >= 11 is 0. The maximum Gasteiger partial charge on any atom is 0.333 e. The van der Waals surface area contributed by atoms with Gasteiger partial charge in [-0.1, -0.05) is 19.9 Å². The molecule has 1 atom stereocenters. The molecule has 0 saturated carbocycles. The van der Waals surface area contributed by atoms with Crippen LogP contribution in [0.1, 0.15) is 40.5 Å². The summed E-state index contributed by atoms with van der Waals surface area (Å²) in [5, 5.41) is 0. The SMILES string of the molecule is Br.C=C(C)C(=O)OCCC(CC)C(C)(C)N. The van der Waals surface area contributed by atoms with Crippen LogP contribution in [0.25, 0.3) is 0 Å². The van der Waals surface area contributed by atoms with Crippen molar-refractivity contribution in [2.45, 2.75) is 46.1 Å². The Morgan fingerprint density at radius 1 is 1.50 bits per heavy atom. The van der Waals surface area contributed by atoms with Crippen molar-refractivity contribution in [1.82, 2.24) is 0 Å². The predicted molar refractivity (Wildman–Crippen MR) is 72.8 cm³/mol. The van der Waals surface area contributed by atoms with E-state index < -0.39 is 0 Å². The van der Waals surface area contributed by atoms with Crippen LogP contribution < -0.4 is 5.73 Å². The minimum Gasteiger partial charge on any atom is -0.462 e. The molecule has 0 amide bonds. The minimum absolute atomic E-state index is 0. The van der Waals surface area contributed by atoms with E-state index in [4.69, 9.17) is 10.5 Å². The zero-order valence-corrected chi connectivity index (χ0v) is 12.4. The molecule has 4 heteroatoms. The standard InChI is InChI=1S/C12H23NO2.BrH/c1-6-10(12(4,5)13)7-8-15-11(14)9(2)3;/h10H,2,6-8,13H2,1,3-5H3;1H. The molecule has 0 spiro atoms. The lowest BCUT2D eigenvalue weighted by molar-refractivity contribution is -0.139. The maximum atomic E-state index is 11.1. The van der Waals surface area contributed by atoms with Crippen molar-refractivity contribution in [3.63, 3.8) is 0 Å². The zero-order valence-electron chi connectivity index (χ0n) is 10.7. The molecule has 0 aliphatic rings. The first-order chi connectivity index (χ1) is 6.79. The molecule has 16 heavy (non-hydrogen) atoms. The summed E-state index contributed by atoms with van der Waals surface area (Å²) in [5.74, 6) is 0.0510. The third-order valence-electron chi connectivity index (χ3n) is 2.59. The number of carbonyl (C=O) groups is 1. The highest BCUT2D eigenvalue weighted by atomic mass is 79.9. The molecule has 0 aliphatic heterocycles. The van der Waals surface area contributed by atoms with Gasteiger partial charge in [0.05, 0.1) is 6.61 Å². The van der Waals surface area contributed by atoms with E-state index in [2.05, 4.69) is 13.5 Å². The van der Waals surface area contributed by atoms with Gasteiger partial charge in [0.2, 0.25) is 0 Å². The van der Waals surface area contributed by atoms with Gasteiger partial charge in [-0.2, -0.15) is 0 Å². The summed E-state index contributed by atoms with van der Waals surface area (Å²) in [6, 6.07) is 0. The van der Waals surface area contributed by atoms with Crippen molar-refractivity contribution in [2.75, 3.05) is 6.61 Å². The molecule has 0 bridgehead atoms. The Morgan fingerprint density at radius 3 is 2.31 bits per heavy atom. The van der Waals surface area contributed by atoms with E-state index in [0.29, 0.717) is 18.1 Å². The average molecular weight is 294 g/mol. The normalized spacial score (nSPS) is 12.6. The molecule has 3 nitrogen and oxygen atoms in total. The van der Waals surface area contributed by atoms with E-state index in [9.17, 15) is 4.79 Å². The van der Waals surface area contributed by atoms with Gasteiger partial charge in [0, 0.05) is 11.1 Å². The summed E-state index contributed by atoms with van der Waals surface area (Å²) in [6.45, 7) is 11.7. The molecular weight excluding hydrogens is 270 g/mol. The van der Waals surface area contributed by atoms with Crippen molar-refractivity contribution in [3.05, 3.63) is 12.2 Å². The molecule has 2 N–H and O–H groups in total. The zero-order chi connectivity index (χ0) is 12.1. The fourth-order valence-corrected chi connectivity index (χ4v) is 1.52. The number of hydrogen-bond acceptors (Lipinski definition) is 3. The highest BCUT2D eigenvalue weighted by molar-refractivity contribution is 8.93. The van der Waals surface area contributed by atoms with Crippen LogP contribution in [0.4, 0.5) is 0 Å². The molecule has 0 rings (SSSR count). The monoisotopic (exact) mass is 293 g/mol. The fraction of sp³-hybridized carbons (Fsp3) is 0.750. The smallest absolute Gasteiger partial charge is 0.333 e. The Kier molecular flexibility index (Phi) is 8.84. The van der Waals surface area contributed by atoms with Crippen molar-refractivity contribution in [2.24, 2.45) is 11.7 Å². The third kappa shape index (κ3) is 7.01. The van der Waals surface area contributed by atoms with Crippen molar-refractivity contribution < 1.29 is 9.53 Å². The fourth-order valence-electron chi connectivity index (χ4n) is 1.52. The number of rotatable bonds is 6. The second-order valence-corrected chi connectivity index (χ2v) is 4.63. The van der Waals surface area contributed by atoms with Crippen molar-refractivity contribution >= 4 is 23.0 Å². The second-order valence-electron chi connectivity index (χ2n) is 4.63. The number of carbonyl (C=O) groups excluding carboxylic acids is 1. The van der Waals surface area contributed by atoms with Gasteiger partial charge in [0.25, 0.3) is 0 Å². The maximum absolute atomic E-state index is 11.1. The molecule has 0 saturated heterocycles. The summed E-state index contributed by atoms with van der Waals surface area (Å²) in [4.78, 5) is 11.1. The average Bonchev–Trinajstić information content (AvgIpc) is 2.09. The van der Waals surface area contributed by atoms with Crippen LogP contribution in [0, 0.1) is 5.92 Å². The Morgan fingerprint density at radius 2 is 2.00 bits per heavy atom. The molecular formula is C12H24BrNO2. The lowest BCUT2D eigenvalue weighted by atomic mass is 9.84. The Balaban J connectivity index is 0. The van der Waals surface area contributed by atoms with Gasteiger partial charge >= 0.3 is 5.97 Å². The predicted octanol–water partition coefficient (Wildman–Crippen LogP) is 2.84. The highest BCUT2D eigenvalue weighted by Crippen LogP contribution is 2.21. The number of ether oxygens (including phenoxy) is 1. The van der Waals surface area contributed by atoms with Gasteiger partial charge in [0.1, 0.15) is 0 Å². The van der Waals surface area contributed by atoms with Crippen LogP contribution in [-0.2, 0) is 9.53 Å². The number of hydrogen-bond donors (Lipinski definition) is 1. The summed E-state index contributed by atoms with van der Waals surface area (Å²) in [6.07, 6.45) is 1.80. The van der Waals surface area contributed by atoms with Crippen LogP contribution in [0.3, 0.4) is 0 Å². The number of halogens is 1. The van der Waals surface area contributed by atoms with E-state index in [1.807, 2.05) is 13.8 Å². The highest BCUT2D eigenvalue weighted by Gasteiger charge is 2.23. The Hall–Kier alpha value is -0.350. The molecule has 0 fully saturated rings. The van der Waals surface area contributed by atoms with Gasteiger partial charge in [-0.05, 0) is 33.1 Å². The topological polar surface area (TPSA) is 52.3 Å². The molecule has 0 aromatic rings. The molecule has 0 aromatic heterocycles. The molecule has 0 aliphatic carbocycles. The summed E-state index contributed by atoms with van der Waals surface area (Å²) in [5.41, 5.74) is 6.23. The van der Waals surface area contributed by atoms with E-state index in [1.54, 1.807) is 6.92 Å². The van der Waals surface area contributed by atoms with Gasteiger partial charge in [0.15, 0.2) is 0 Å². The molecule has 0 aromatic carbocycles. The number of esters is 1. The molecule has 0 radical (unpaired) electrons. The first-order valence-electron chi connectivity index (χ1n) is 5.40. The van der Waals surface area contributed by atoms with E-state index >= 15 is 0 Å². The molecule has 1 unspecified atom stereocenters. The molecule has 96 valence electrons. The van der Waals surface area contributed by atoms with E-state index in [1.165, 1.54) is 0 Å². The van der Waals surface area contributed by atoms with Crippen molar-refractivity contribution in [1.29, 1.82) is 0 Å². The second kappa shape index (κ2) is 7.85. The minimum atomic E-state index is -0.320. The Bertz CT molecular complexity index is 234. The summed E-state index contributed by atoms with van der Waals surface area (Å²) in [7, 11) is 0. The molecule has 0 heterocycles. The first-order valence-corrected chi connectivity index (χ1v) is 5.40. The lowest BCUT2D eigenvalue weighted by Crippen LogP contribution is -2.41. The third-order valence-corrected chi connectivity index (χ3v) is 2.59. The number of nitrogens with two attached hydrogens (primary N) is 1. The first kappa shape index (κ1) is 18.0. The van der Waals surface area contributed by atoms with Crippen LogP contribution in [0.5, 0.6) is 0 Å². The van der Waals surface area contributed by atoms with Crippen molar-refractivity contribution in [3.8, 4) is 0 Å². The lowest BCUT2D eigenvalue weighted by Gasteiger charge is -2.29. The van der Waals surface area contributed by atoms with Gasteiger partial charge in [-0.15, -0.1) is 17.0 Å². The summed E-state index contributed by atoms with van der Waals surface area (Å²) < 4.78 is 5.04. The van der Waals surface area contributed by atoms with Crippen LogP contribution in [0.15, 0.2) is 12.2 Å². The Labute approximate surface area is 109 Å². The van der Waals surface area contributed by atoms with Crippen LogP contribution in [-0.4, -0.2) is 18.1 Å². The van der Waals surface area contributed by atoms with E-state index in [0.717, 1.165) is 12.8 Å². The van der Waals surface area contributed by atoms with Gasteiger partial charge in [-0.25, -0.2) is 4.79 Å². The largest absolute Gasteiger partial charge is 0.462 e. The van der Waals surface area contributed by atoms with Crippen LogP contribution >= 0.6 is 17.0 Å². The van der Waals surface area contributed by atoms with E-state index in [-0.39, 0.29) is 28.5 Å².